The summed E-state index contributed by atoms with van der Waals surface area (Å²) >= 11 is 0. The summed E-state index contributed by atoms with van der Waals surface area (Å²) in [5.74, 6) is -0.112. The van der Waals surface area contributed by atoms with Crippen molar-refractivity contribution in [3.63, 3.8) is 0 Å². The molecule has 2 nitrogen and oxygen atoms in total. The second kappa shape index (κ2) is 4.27. The molecule has 1 aromatic carbocycles. The Labute approximate surface area is 96.5 Å². The molecule has 1 fully saturated rings. The number of hydrogen-bond acceptors (Lipinski definition) is 2. The van der Waals surface area contributed by atoms with Crippen molar-refractivity contribution in [3.8, 4) is 6.07 Å². The van der Waals surface area contributed by atoms with Crippen LogP contribution in [0.15, 0.2) is 30.3 Å². The van der Waals surface area contributed by atoms with E-state index in [0.29, 0.717) is 0 Å². The van der Waals surface area contributed by atoms with E-state index in [-0.39, 0.29) is 11.8 Å². The Balaban J connectivity index is 2.38. The average Bonchev–Trinajstić information content (AvgIpc) is 2.28. The van der Waals surface area contributed by atoms with Crippen molar-refractivity contribution in [2.24, 2.45) is 5.92 Å². The molecule has 0 radical (unpaired) electrons. The molecule has 2 heteroatoms. The minimum atomic E-state index is -0.750. The second-order valence-corrected chi connectivity index (χ2v) is 4.87. The zero-order valence-corrected chi connectivity index (χ0v) is 9.56. The van der Waals surface area contributed by atoms with Gasteiger partial charge in [-0.25, -0.2) is 0 Å². The lowest BCUT2D eigenvalue weighted by molar-refractivity contribution is -0.0129. The van der Waals surface area contributed by atoms with Gasteiger partial charge in [0.25, 0.3) is 0 Å². The number of hydrogen-bond donors (Lipinski definition) is 1. The highest BCUT2D eigenvalue weighted by molar-refractivity contribution is 5.26. The first-order valence-corrected chi connectivity index (χ1v) is 5.82. The number of nitrogens with zero attached hydrogens (tertiary/aromatic N) is 1. The molecule has 1 saturated carbocycles. The lowest BCUT2D eigenvalue weighted by atomic mass is 9.67. The lowest BCUT2D eigenvalue weighted by Gasteiger charge is -2.40. The van der Waals surface area contributed by atoms with Crippen LogP contribution in [0.25, 0.3) is 0 Å². The van der Waals surface area contributed by atoms with Crippen molar-refractivity contribution in [2.75, 3.05) is 0 Å². The molecule has 0 spiro atoms. The van der Waals surface area contributed by atoms with Crippen molar-refractivity contribution in [1.29, 1.82) is 5.26 Å². The van der Waals surface area contributed by atoms with Crippen molar-refractivity contribution < 1.29 is 5.11 Å². The molecule has 2 rings (SSSR count). The average molecular weight is 215 g/mol. The number of rotatable bonds is 1. The summed E-state index contributed by atoms with van der Waals surface area (Å²) in [6, 6.07) is 12.3. The fourth-order valence-electron chi connectivity index (χ4n) is 2.83. The van der Waals surface area contributed by atoms with Gasteiger partial charge in [-0.15, -0.1) is 0 Å². The quantitative estimate of drug-likeness (QED) is 0.782. The van der Waals surface area contributed by atoms with Crippen LogP contribution in [-0.2, 0) is 0 Å². The molecule has 1 N–H and O–H groups in total. The zero-order valence-electron chi connectivity index (χ0n) is 9.56. The van der Waals surface area contributed by atoms with Crippen LogP contribution >= 0.6 is 0 Å². The predicted octanol–water partition coefficient (Wildman–Crippen LogP) is 2.84. The van der Waals surface area contributed by atoms with Crippen LogP contribution in [0, 0.1) is 17.2 Å². The van der Waals surface area contributed by atoms with Gasteiger partial charge in [0, 0.05) is 5.92 Å². The Morgan fingerprint density at radius 1 is 1.38 bits per heavy atom. The topological polar surface area (TPSA) is 44.0 Å². The predicted molar refractivity (Wildman–Crippen MR) is 62.8 cm³/mol. The van der Waals surface area contributed by atoms with Gasteiger partial charge >= 0.3 is 0 Å². The third kappa shape index (κ3) is 1.96. The van der Waals surface area contributed by atoms with E-state index in [0.717, 1.165) is 24.8 Å². The van der Waals surface area contributed by atoms with Crippen LogP contribution in [0.3, 0.4) is 0 Å². The zero-order chi connectivity index (χ0) is 11.6. The summed E-state index contributed by atoms with van der Waals surface area (Å²) in [6.07, 6.45) is 2.62. The lowest BCUT2D eigenvalue weighted by Crippen LogP contribution is -2.40. The molecule has 0 bridgehead atoms. The van der Waals surface area contributed by atoms with Gasteiger partial charge < -0.3 is 5.11 Å². The van der Waals surface area contributed by atoms with Gasteiger partial charge in [0.2, 0.25) is 0 Å². The normalized spacial score (nSPS) is 34.3. The summed E-state index contributed by atoms with van der Waals surface area (Å²) in [5, 5.41) is 19.6. The maximum absolute atomic E-state index is 10.4. The van der Waals surface area contributed by atoms with E-state index >= 15 is 0 Å². The minimum absolute atomic E-state index is 0.0487. The Hall–Kier alpha value is -1.33. The Bertz CT molecular complexity index is 391. The van der Waals surface area contributed by atoms with Gasteiger partial charge in [-0.2, -0.15) is 5.26 Å². The van der Waals surface area contributed by atoms with E-state index in [1.807, 2.05) is 37.3 Å². The number of aliphatic hydroxyl groups is 1. The van der Waals surface area contributed by atoms with E-state index in [4.69, 9.17) is 0 Å². The number of nitriles is 1. The molecule has 0 amide bonds. The van der Waals surface area contributed by atoms with E-state index in [1.165, 1.54) is 0 Å². The highest BCUT2D eigenvalue weighted by Gasteiger charge is 2.41. The molecule has 84 valence electrons. The van der Waals surface area contributed by atoms with Gasteiger partial charge in [-0.1, -0.05) is 30.3 Å². The smallest absolute Gasteiger partial charge is 0.0700 e. The molecule has 1 aromatic rings. The molecule has 1 aliphatic rings. The third-order valence-electron chi connectivity index (χ3n) is 3.59. The van der Waals surface area contributed by atoms with Crippen LogP contribution in [0.4, 0.5) is 0 Å². The molecule has 0 aliphatic heterocycles. The summed E-state index contributed by atoms with van der Waals surface area (Å²) < 4.78 is 0. The van der Waals surface area contributed by atoms with Gasteiger partial charge in [-0.05, 0) is 31.7 Å². The molecule has 0 aromatic heterocycles. The van der Waals surface area contributed by atoms with Crippen LogP contribution < -0.4 is 0 Å². The summed E-state index contributed by atoms with van der Waals surface area (Å²) in [5.41, 5.74) is 0.332. The Morgan fingerprint density at radius 2 is 2.06 bits per heavy atom. The van der Waals surface area contributed by atoms with E-state index < -0.39 is 5.60 Å². The third-order valence-corrected chi connectivity index (χ3v) is 3.59. The molecule has 0 heterocycles. The fraction of sp³-hybridized carbons (Fsp3) is 0.500. The maximum atomic E-state index is 10.4. The number of benzene rings is 1. The van der Waals surface area contributed by atoms with E-state index in [1.54, 1.807) is 0 Å². The summed E-state index contributed by atoms with van der Waals surface area (Å²) in [4.78, 5) is 0. The minimum Gasteiger partial charge on any atom is -0.389 e. The highest BCUT2D eigenvalue weighted by Crippen LogP contribution is 2.44. The van der Waals surface area contributed by atoms with Gasteiger partial charge in [0.05, 0.1) is 17.6 Å². The van der Waals surface area contributed by atoms with Gasteiger partial charge in [0.15, 0.2) is 0 Å². The van der Waals surface area contributed by atoms with Crippen molar-refractivity contribution in [3.05, 3.63) is 35.9 Å². The SMILES string of the molecule is C[C@]1(O)CCC[C@H](C#N)[C@H]1c1ccccc1. The van der Waals surface area contributed by atoms with Crippen LogP contribution in [0.2, 0.25) is 0 Å². The standard InChI is InChI=1S/C14H17NO/c1-14(16)9-5-8-12(10-15)13(14)11-6-3-2-4-7-11/h2-4,6-7,12-13,16H,5,8-9H2,1H3/t12-,13-,14+/m1/s1. The van der Waals surface area contributed by atoms with Crippen molar-refractivity contribution in [2.45, 2.75) is 37.7 Å². The van der Waals surface area contributed by atoms with Crippen LogP contribution in [-0.4, -0.2) is 10.7 Å². The van der Waals surface area contributed by atoms with Crippen LogP contribution in [0.5, 0.6) is 0 Å². The first-order valence-electron chi connectivity index (χ1n) is 5.82. The van der Waals surface area contributed by atoms with E-state index in [2.05, 4.69) is 6.07 Å². The Kier molecular flexibility index (Phi) is 2.98. The molecule has 0 saturated heterocycles. The molecule has 0 unspecified atom stereocenters. The monoisotopic (exact) mass is 215 g/mol. The van der Waals surface area contributed by atoms with Gasteiger partial charge in [0.1, 0.15) is 0 Å². The van der Waals surface area contributed by atoms with Crippen LogP contribution in [0.1, 0.15) is 37.7 Å². The molecular weight excluding hydrogens is 198 g/mol. The highest BCUT2D eigenvalue weighted by atomic mass is 16.3. The summed E-state index contributed by atoms with van der Waals surface area (Å²) in [6.45, 7) is 1.86. The van der Waals surface area contributed by atoms with Crippen molar-refractivity contribution >= 4 is 0 Å². The fourth-order valence-corrected chi connectivity index (χ4v) is 2.83. The molecule has 16 heavy (non-hydrogen) atoms. The molecular formula is C14H17NO. The second-order valence-electron chi connectivity index (χ2n) is 4.87. The first kappa shape index (κ1) is 11.2. The summed E-state index contributed by atoms with van der Waals surface area (Å²) in [7, 11) is 0. The first-order chi connectivity index (χ1) is 7.65. The van der Waals surface area contributed by atoms with Crippen molar-refractivity contribution in [1.82, 2.24) is 0 Å². The molecule has 1 aliphatic carbocycles. The van der Waals surface area contributed by atoms with E-state index in [9.17, 15) is 10.4 Å². The Morgan fingerprint density at radius 3 is 2.69 bits per heavy atom. The molecule has 3 atom stereocenters. The maximum Gasteiger partial charge on any atom is 0.0700 e. The van der Waals surface area contributed by atoms with Gasteiger partial charge in [-0.3, -0.25) is 0 Å². The largest absolute Gasteiger partial charge is 0.389 e.